The number of hydrogen-bond donors (Lipinski definition) is 7. The fourth-order valence-corrected chi connectivity index (χ4v) is 19.0. The van der Waals surface area contributed by atoms with E-state index < -0.39 is 23.3 Å². The van der Waals surface area contributed by atoms with E-state index in [0.717, 1.165) is 109 Å². The minimum absolute atomic E-state index is 0.00999. The van der Waals surface area contributed by atoms with Crippen molar-refractivity contribution in [1.82, 2.24) is 26.2 Å². The van der Waals surface area contributed by atoms with Crippen LogP contribution in [0, 0.1) is 45.3 Å². The molecule has 0 aromatic rings. The maximum Gasteiger partial charge on any atom is 0.315 e. The Morgan fingerprint density at radius 3 is 2.41 bits per heavy atom. The number of hydrogen-bond acceptors (Lipinski definition) is 15. The van der Waals surface area contributed by atoms with Gasteiger partial charge in [0.1, 0.15) is 6.10 Å². The van der Waals surface area contributed by atoms with E-state index in [1.54, 1.807) is 13.8 Å². The van der Waals surface area contributed by atoms with Gasteiger partial charge in [0.25, 0.3) is 0 Å². The summed E-state index contributed by atoms with van der Waals surface area (Å²) in [6.45, 7) is 24.9. The van der Waals surface area contributed by atoms with Crippen molar-refractivity contribution in [3.63, 3.8) is 0 Å². The lowest BCUT2D eigenvalue weighted by atomic mass is 9.43. The maximum absolute atomic E-state index is 12.6. The molecule has 4 saturated heterocycles. The molecule has 4 heterocycles. The summed E-state index contributed by atoms with van der Waals surface area (Å²) in [6, 6.07) is 0.424. The molecule has 9 fully saturated rings. The first-order valence-corrected chi connectivity index (χ1v) is 30.8. The number of carbonyl (C=O) groups is 2. The lowest BCUT2D eigenvalue weighted by Crippen LogP contribution is -2.70. The molecule has 5 aliphatic carbocycles. The lowest BCUT2D eigenvalue weighted by molar-refractivity contribution is -0.246. The van der Waals surface area contributed by atoms with Crippen molar-refractivity contribution < 1.29 is 53.0 Å². The number of amides is 3. The van der Waals surface area contributed by atoms with Gasteiger partial charge in [0.2, 0.25) is 5.91 Å². The topological polar surface area (TPSA) is 217 Å². The number of nitrogens with one attached hydrogen (secondary N) is 4. The molecule has 0 bridgehead atoms. The van der Waals surface area contributed by atoms with E-state index >= 15 is 0 Å². The Morgan fingerprint density at radius 2 is 1.67 bits per heavy atom. The van der Waals surface area contributed by atoms with Gasteiger partial charge in [0, 0.05) is 70.0 Å². The van der Waals surface area contributed by atoms with Crippen LogP contribution in [-0.2, 0) is 38.0 Å². The number of aliphatic hydroxyl groups is 2. The van der Waals surface area contributed by atoms with Crippen molar-refractivity contribution in [2.45, 2.75) is 204 Å². The van der Waals surface area contributed by atoms with Crippen LogP contribution < -0.4 is 27.0 Å². The molecule has 5 saturated carbocycles. The highest BCUT2D eigenvalue weighted by Gasteiger charge is 2.85. The van der Waals surface area contributed by atoms with E-state index in [0.29, 0.717) is 77.0 Å². The molecule has 9 rings (SSSR count). The summed E-state index contributed by atoms with van der Waals surface area (Å²) in [4.78, 5) is 26.3. The second kappa shape index (κ2) is 24.4. The van der Waals surface area contributed by atoms with Gasteiger partial charge in [-0.2, -0.15) is 11.8 Å². The quantitative estimate of drug-likeness (QED) is 0.0407. The standard InChI is InChI=1S/C57H100N6O11S/c1-8-71-50(53(5,6)67)39-33-37(2)46-48(73-39)49(65)57(58)42-16-15-41-52(3,4)43(17-18-55(41)36-56(42,55)20-19-54(46,57)7)74-45-34-63(25-28-72-45)24-23-59-21-11-26-68-29-31-70-32-30-69-27-12-22-60-44(64)14-10-9-13-40-47-38(35-75-40)61-51(66)62-47/h37-43,45-50,59,65,67H,8-36,58H2,1-7H3,(H,60,64)(H2,61,62,66)/t37-,38?,39?,40?,41+,42?,43+,45+,46+,47?,48?,49+,50+,54?,55?,56+,57+/m1/s1. The van der Waals surface area contributed by atoms with Gasteiger partial charge < -0.3 is 70.4 Å². The summed E-state index contributed by atoms with van der Waals surface area (Å²) in [7, 11) is 0. The molecular formula is C57H100N6O11S. The summed E-state index contributed by atoms with van der Waals surface area (Å²) >= 11 is 1.92. The summed E-state index contributed by atoms with van der Waals surface area (Å²) < 4.78 is 43.5. The predicted molar refractivity (Wildman–Crippen MR) is 289 cm³/mol. The van der Waals surface area contributed by atoms with Crippen LogP contribution in [0.1, 0.15) is 138 Å². The van der Waals surface area contributed by atoms with Gasteiger partial charge in [-0.15, -0.1) is 0 Å². The van der Waals surface area contributed by atoms with Crippen LogP contribution in [0.4, 0.5) is 4.79 Å². The van der Waals surface area contributed by atoms with E-state index in [9.17, 15) is 19.8 Å². The Hall–Kier alpha value is -1.39. The SMILES string of the molecule is CCO[C@@H](C1C[C@@H](C)[C@H]2C(O1)[C@H](O)[C@@]1(N)C3CC[C@H]4C(C)(C)[C@@H](O[C@H]5CN(CCNCCCOCCOCCOCCCNC(=O)CCCCC6SCC7NC(=O)NC76)CCO5)CCC45C[C@@]35CCC21C)C(C)(C)O. The number of carbonyl (C=O) groups excluding carboxylic acids is 2. The third-order valence-corrected chi connectivity index (χ3v) is 22.4. The van der Waals surface area contributed by atoms with Crippen LogP contribution in [-0.4, -0.2) is 190 Å². The highest BCUT2D eigenvalue weighted by atomic mass is 32.2. The Morgan fingerprint density at radius 1 is 0.947 bits per heavy atom. The van der Waals surface area contributed by atoms with Crippen molar-refractivity contribution in [2.75, 3.05) is 97.9 Å². The first-order chi connectivity index (χ1) is 35.9. The van der Waals surface area contributed by atoms with Gasteiger partial charge in [-0.25, -0.2) is 4.79 Å². The fourth-order valence-electron chi connectivity index (χ4n) is 17.4. The highest BCUT2D eigenvalue weighted by Crippen LogP contribution is 2.87. The van der Waals surface area contributed by atoms with Crippen molar-refractivity contribution in [3.8, 4) is 0 Å². The van der Waals surface area contributed by atoms with Gasteiger partial charge in [0.05, 0.1) is 80.7 Å². The minimum Gasteiger partial charge on any atom is -0.388 e. The molecule has 8 unspecified atom stereocenters. The monoisotopic (exact) mass is 1080 g/mol. The van der Waals surface area contributed by atoms with E-state index in [4.69, 9.17) is 38.9 Å². The predicted octanol–water partition coefficient (Wildman–Crippen LogP) is 4.97. The van der Waals surface area contributed by atoms with E-state index in [-0.39, 0.29) is 88.0 Å². The molecule has 17 atom stereocenters. The number of nitrogens with zero attached hydrogens (tertiary/aromatic N) is 1. The first-order valence-electron chi connectivity index (χ1n) is 29.7. The average Bonchev–Trinajstić information content (AvgIpc) is 3.71. The highest BCUT2D eigenvalue weighted by molar-refractivity contribution is 8.00. The molecule has 4 aliphatic heterocycles. The number of aliphatic hydroxyl groups excluding tert-OH is 1. The molecule has 430 valence electrons. The van der Waals surface area contributed by atoms with Crippen LogP contribution in [0.2, 0.25) is 0 Å². The van der Waals surface area contributed by atoms with E-state index in [2.05, 4.69) is 53.9 Å². The Labute approximate surface area is 453 Å². The number of thioether (sulfide) groups is 1. The zero-order valence-corrected chi connectivity index (χ0v) is 47.8. The molecule has 0 radical (unpaired) electrons. The number of fused-ring (bicyclic) bond motifs is 5. The van der Waals surface area contributed by atoms with Gasteiger partial charge in [0.15, 0.2) is 6.29 Å². The van der Waals surface area contributed by atoms with E-state index in [1.165, 1.54) is 12.8 Å². The number of urea groups is 1. The molecule has 2 spiro atoms. The minimum atomic E-state index is -1.06. The normalized spacial score (nSPS) is 41.1. The van der Waals surface area contributed by atoms with Crippen LogP contribution >= 0.6 is 11.8 Å². The molecule has 8 N–H and O–H groups in total. The average molecular weight is 1080 g/mol. The number of rotatable bonds is 28. The third kappa shape index (κ3) is 11.7. The van der Waals surface area contributed by atoms with Crippen molar-refractivity contribution in [1.29, 1.82) is 0 Å². The van der Waals surface area contributed by atoms with Gasteiger partial charge >= 0.3 is 6.03 Å². The third-order valence-electron chi connectivity index (χ3n) is 20.9. The van der Waals surface area contributed by atoms with Gasteiger partial charge in [-0.3, -0.25) is 9.69 Å². The fraction of sp³-hybridized carbons (Fsp3) is 0.965. The zero-order chi connectivity index (χ0) is 53.2. The largest absolute Gasteiger partial charge is 0.388 e. The number of ether oxygens (including phenoxy) is 7. The first kappa shape index (κ1) is 58.3. The zero-order valence-electron chi connectivity index (χ0n) is 47.0. The second-order valence-corrected chi connectivity index (χ2v) is 27.2. The number of nitrogens with two attached hydrogens (primary N) is 1. The van der Waals surface area contributed by atoms with Gasteiger partial charge in [-0.05, 0) is 150 Å². The number of morpholine rings is 1. The molecule has 9 aliphatic rings. The summed E-state index contributed by atoms with van der Waals surface area (Å²) in [6.07, 6.45) is 11.6. The van der Waals surface area contributed by atoms with Crippen LogP contribution in [0.3, 0.4) is 0 Å². The van der Waals surface area contributed by atoms with Crippen molar-refractivity contribution >= 4 is 23.7 Å². The van der Waals surface area contributed by atoms with Crippen LogP contribution in [0.5, 0.6) is 0 Å². The van der Waals surface area contributed by atoms with Gasteiger partial charge in [-0.1, -0.05) is 34.1 Å². The van der Waals surface area contributed by atoms with Crippen molar-refractivity contribution in [2.24, 2.45) is 51.1 Å². The molecule has 17 nitrogen and oxygen atoms in total. The summed E-state index contributed by atoms with van der Waals surface area (Å²) in [5.41, 5.74) is 6.24. The molecule has 0 aromatic carbocycles. The molecular weight excluding hydrogens is 977 g/mol. The molecule has 18 heteroatoms. The second-order valence-electron chi connectivity index (χ2n) is 26.0. The van der Waals surface area contributed by atoms with Crippen LogP contribution in [0.15, 0.2) is 0 Å². The Kier molecular flexibility index (Phi) is 18.9. The molecule has 3 amide bonds. The lowest BCUT2D eigenvalue weighted by Gasteiger charge is -2.63. The maximum atomic E-state index is 12.6. The summed E-state index contributed by atoms with van der Waals surface area (Å²) in [5, 5.41) is 36.8. The Balaban J connectivity index is 0.608. The Bertz CT molecular complexity index is 1900. The van der Waals surface area contributed by atoms with Crippen molar-refractivity contribution in [3.05, 3.63) is 0 Å². The summed E-state index contributed by atoms with van der Waals surface area (Å²) in [5.74, 6) is 2.30. The smallest absolute Gasteiger partial charge is 0.315 e. The van der Waals surface area contributed by atoms with Crippen LogP contribution in [0.25, 0.3) is 0 Å². The van der Waals surface area contributed by atoms with E-state index in [1.807, 2.05) is 18.7 Å². The molecule has 75 heavy (non-hydrogen) atoms. The molecule has 0 aromatic heterocycles. The number of unbranched alkanes of at least 4 members (excludes halogenated alkanes) is 1.